The second-order valence-corrected chi connectivity index (χ2v) is 9.53. The Balaban J connectivity index is 1.56. The van der Waals surface area contributed by atoms with Gasteiger partial charge in [-0.15, -0.1) is 0 Å². The molecule has 1 fully saturated rings. The van der Waals surface area contributed by atoms with Crippen molar-refractivity contribution in [2.45, 2.75) is 25.8 Å². The summed E-state index contributed by atoms with van der Waals surface area (Å²) in [5.41, 5.74) is 1.61. The highest BCUT2D eigenvalue weighted by molar-refractivity contribution is 6.31. The summed E-state index contributed by atoms with van der Waals surface area (Å²) in [6.45, 7) is 2.64. The van der Waals surface area contributed by atoms with Gasteiger partial charge in [-0.3, -0.25) is 14.5 Å². The Labute approximate surface area is 225 Å². The van der Waals surface area contributed by atoms with Crippen LogP contribution in [-0.4, -0.2) is 60.1 Å². The maximum atomic E-state index is 13.6. The lowest BCUT2D eigenvalue weighted by molar-refractivity contribution is -0.145. The quantitative estimate of drug-likeness (QED) is 0.260. The molecular formula is C27H29ClFN5O4. The van der Waals surface area contributed by atoms with Crippen molar-refractivity contribution < 1.29 is 23.5 Å². The number of hydrogen-bond donors (Lipinski definition) is 2. The molecule has 38 heavy (non-hydrogen) atoms. The molecule has 0 saturated heterocycles. The Morgan fingerprint density at radius 1 is 1.26 bits per heavy atom. The minimum atomic E-state index is -0.522. The van der Waals surface area contributed by atoms with Crippen molar-refractivity contribution in [3.8, 4) is 5.75 Å². The molecule has 0 spiro atoms. The molecule has 1 saturated carbocycles. The number of amides is 1. The van der Waals surface area contributed by atoms with Gasteiger partial charge in [0.2, 0.25) is 5.91 Å². The third-order valence-electron chi connectivity index (χ3n) is 6.21. The van der Waals surface area contributed by atoms with Crippen LogP contribution in [0.2, 0.25) is 5.02 Å². The first-order chi connectivity index (χ1) is 18.2. The average molecular weight is 542 g/mol. The number of carbonyl (C=O) groups is 2. The Hall–Kier alpha value is -3.76. The number of methoxy groups -OCH3 is 1. The first-order valence-corrected chi connectivity index (χ1v) is 12.5. The predicted octanol–water partition coefficient (Wildman–Crippen LogP) is 4.94. The number of benzene rings is 2. The highest BCUT2D eigenvalue weighted by Gasteiger charge is 2.23. The smallest absolute Gasteiger partial charge is 0.322 e. The van der Waals surface area contributed by atoms with Gasteiger partial charge in [0.25, 0.3) is 0 Å². The molecule has 1 aromatic heterocycles. The summed E-state index contributed by atoms with van der Waals surface area (Å²) in [4.78, 5) is 34.9. The highest BCUT2D eigenvalue weighted by Crippen LogP contribution is 2.36. The van der Waals surface area contributed by atoms with E-state index in [0.29, 0.717) is 52.9 Å². The van der Waals surface area contributed by atoms with E-state index in [2.05, 4.69) is 20.6 Å². The van der Waals surface area contributed by atoms with E-state index >= 15 is 0 Å². The van der Waals surface area contributed by atoms with E-state index in [1.807, 2.05) is 0 Å². The first kappa shape index (κ1) is 27.3. The average Bonchev–Trinajstić information content (AvgIpc) is 3.73. The number of fused-ring (bicyclic) bond motifs is 1. The van der Waals surface area contributed by atoms with Gasteiger partial charge in [-0.25, -0.2) is 14.4 Å². The number of ether oxygens (including phenoxy) is 2. The number of esters is 1. The van der Waals surface area contributed by atoms with E-state index in [9.17, 15) is 14.0 Å². The van der Waals surface area contributed by atoms with Crippen molar-refractivity contribution in [2.75, 3.05) is 37.9 Å². The van der Waals surface area contributed by atoms with E-state index < -0.39 is 11.9 Å². The number of nitrogens with zero attached hydrogens (tertiary/aromatic N) is 3. The zero-order chi connectivity index (χ0) is 27.2. The number of likely N-dealkylation sites (N-methyl/N-ethyl adjacent to an activating group) is 1. The Kier molecular flexibility index (Phi) is 8.75. The van der Waals surface area contributed by atoms with Gasteiger partial charge in [-0.05, 0) is 57.0 Å². The minimum absolute atomic E-state index is 0.0181. The normalized spacial score (nSPS) is 14.1. The Morgan fingerprint density at radius 3 is 2.76 bits per heavy atom. The molecule has 0 bridgehead atoms. The van der Waals surface area contributed by atoms with Crippen LogP contribution < -0.4 is 15.4 Å². The fourth-order valence-electron chi connectivity index (χ4n) is 3.61. The Bertz CT molecular complexity index is 1360. The summed E-state index contributed by atoms with van der Waals surface area (Å²) in [7, 11) is 3.10. The topological polar surface area (TPSA) is 106 Å². The van der Waals surface area contributed by atoms with Crippen molar-refractivity contribution in [3.63, 3.8) is 0 Å². The van der Waals surface area contributed by atoms with Crippen LogP contribution in [0.3, 0.4) is 0 Å². The molecule has 3 aromatic rings. The van der Waals surface area contributed by atoms with Crippen LogP contribution in [0.25, 0.3) is 10.9 Å². The molecule has 2 N–H and O–H groups in total. The minimum Gasteiger partial charge on any atom is -0.491 e. The molecule has 0 aliphatic heterocycles. The van der Waals surface area contributed by atoms with Gasteiger partial charge >= 0.3 is 5.97 Å². The summed E-state index contributed by atoms with van der Waals surface area (Å²) in [6, 6.07) is 7.32. The fraction of sp³-hybridized carbons (Fsp3) is 0.333. The van der Waals surface area contributed by atoms with Crippen LogP contribution in [0, 0.1) is 11.7 Å². The Morgan fingerprint density at radius 2 is 2.05 bits per heavy atom. The molecule has 1 aliphatic carbocycles. The van der Waals surface area contributed by atoms with Gasteiger partial charge in [0, 0.05) is 29.8 Å². The SMILES string of the molecule is COC(=O)C(C)N(C)CC=CC(=O)Nc1cc2c(Nc3ccc(F)c(Cl)c3)ncnc2cc1OCC1CC1. The first-order valence-electron chi connectivity index (χ1n) is 12.1. The lowest BCUT2D eigenvalue weighted by Gasteiger charge is -2.20. The second kappa shape index (κ2) is 12.2. The summed E-state index contributed by atoms with van der Waals surface area (Å²) < 4.78 is 24.4. The number of carbonyl (C=O) groups excluding carboxylic acids is 2. The third kappa shape index (κ3) is 6.96. The molecule has 1 amide bonds. The summed E-state index contributed by atoms with van der Waals surface area (Å²) in [5, 5.41) is 6.61. The van der Waals surface area contributed by atoms with Crippen LogP contribution in [0.5, 0.6) is 5.75 Å². The lowest BCUT2D eigenvalue weighted by atomic mass is 10.1. The maximum Gasteiger partial charge on any atom is 0.322 e. The van der Waals surface area contributed by atoms with E-state index in [1.165, 1.54) is 31.6 Å². The monoisotopic (exact) mass is 541 g/mol. The van der Waals surface area contributed by atoms with E-state index in [-0.39, 0.29) is 16.9 Å². The van der Waals surface area contributed by atoms with Crippen LogP contribution in [0.4, 0.5) is 21.6 Å². The molecule has 9 nitrogen and oxygen atoms in total. The molecule has 11 heteroatoms. The largest absolute Gasteiger partial charge is 0.491 e. The molecule has 1 atom stereocenters. The van der Waals surface area contributed by atoms with Crippen LogP contribution >= 0.6 is 11.6 Å². The van der Waals surface area contributed by atoms with Gasteiger partial charge in [-0.2, -0.15) is 0 Å². The number of hydrogen-bond acceptors (Lipinski definition) is 8. The summed E-state index contributed by atoms with van der Waals surface area (Å²) in [5.74, 6) is 0.219. The van der Waals surface area contributed by atoms with Gasteiger partial charge in [0.15, 0.2) is 0 Å². The van der Waals surface area contributed by atoms with Crippen LogP contribution in [0.1, 0.15) is 19.8 Å². The van der Waals surface area contributed by atoms with Crippen LogP contribution in [0.15, 0.2) is 48.8 Å². The maximum absolute atomic E-state index is 13.6. The number of nitrogens with one attached hydrogen (secondary N) is 2. The van der Waals surface area contributed by atoms with E-state index in [0.717, 1.165) is 12.8 Å². The molecular weight excluding hydrogens is 513 g/mol. The molecule has 4 rings (SSSR count). The molecule has 1 heterocycles. The number of aromatic nitrogens is 2. The van der Waals surface area contributed by atoms with Crippen molar-refractivity contribution in [2.24, 2.45) is 5.92 Å². The van der Waals surface area contributed by atoms with Gasteiger partial charge in [-0.1, -0.05) is 17.7 Å². The van der Waals surface area contributed by atoms with Crippen molar-refractivity contribution in [1.29, 1.82) is 0 Å². The zero-order valence-electron chi connectivity index (χ0n) is 21.3. The standard InChI is InChI=1S/C27H29ClFN5O4/c1-16(27(36)37-3)34(2)10-4-5-25(35)33-23-12-19-22(13-24(23)38-14-17-6-7-17)30-15-31-26(19)32-18-8-9-21(29)20(28)11-18/h4-5,8-9,11-13,15-17H,6-7,10,14H2,1-3H3,(H,33,35)(H,30,31,32). The predicted molar refractivity (Wildman–Crippen MR) is 144 cm³/mol. The zero-order valence-corrected chi connectivity index (χ0v) is 22.1. The third-order valence-corrected chi connectivity index (χ3v) is 6.50. The van der Waals surface area contributed by atoms with E-state index in [4.69, 9.17) is 21.1 Å². The number of rotatable bonds is 11. The number of halogens is 2. The molecule has 1 unspecified atom stereocenters. The van der Waals surface area contributed by atoms with Crippen molar-refractivity contribution in [3.05, 3.63) is 59.7 Å². The molecule has 0 radical (unpaired) electrons. The molecule has 1 aliphatic rings. The fourth-order valence-corrected chi connectivity index (χ4v) is 3.79. The summed E-state index contributed by atoms with van der Waals surface area (Å²) in [6.07, 6.45) is 6.71. The second-order valence-electron chi connectivity index (χ2n) is 9.13. The van der Waals surface area contributed by atoms with E-state index in [1.54, 1.807) is 43.1 Å². The highest BCUT2D eigenvalue weighted by atomic mass is 35.5. The number of anilines is 3. The van der Waals surface area contributed by atoms with Gasteiger partial charge in [0.1, 0.15) is 29.8 Å². The summed E-state index contributed by atoms with van der Waals surface area (Å²) >= 11 is 5.92. The van der Waals surface area contributed by atoms with Gasteiger partial charge in [0.05, 0.1) is 29.9 Å². The molecule has 2 aromatic carbocycles. The lowest BCUT2D eigenvalue weighted by Crippen LogP contribution is -2.36. The molecule has 200 valence electrons. The van der Waals surface area contributed by atoms with Crippen LogP contribution in [-0.2, 0) is 14.3 Å². The van der Waals surface area contributed by atoms with Gasteiger partial charge < -0.3 is 20.1 Å². The van der Waals surface area contributed by atoms with Crippen molar-refractivity contribution >= 4 is 51.6 Å². The van der Waals surface area contributed by atoms with Crippen molar-refractivity contribution in [1.82, 2.24) is 14.9 Å².